The molecule has 82 heavy (non-hydrogen) atoms. The first-order chi connectivity index (χ1) is 47.3. The summed E-state index contributed by atoms with van der Waals surface area (Å²) in [5.41, 5.74) is 12.3. The summed E-state index contributed by atoms with van der Waals surface area (Å²) in [7, 11) is 0. The summed E-state index contributed by atoms with van der Waals surface area (Å²) in [4.78, 5) is 14.3. The van der Waals surface area contributed by atoms with Crippen molar-refractivity contribution in [2.24, 2.45) is 0 Å². The van der Waals surface area contributed by atoms with Gasteiger partial charge >= 0.3 is 0 Å². The van der Waals surface area contributed by atoms with Crippen LogP contribution in [0.4, 0.5) is 0 Å². The Morgan fingerprint density at radius 1 is 0.341 bits per heavy atom. The van der Waals surface area contributed by atoms with Gasteiger partial charge in [-0.2, -0.15) is 10.2 Å². The molecule has 0 amide bonds. The van der Waals surface area contributed by atoms with E-state index >= 15 is 0 Å². The molecule has 14 aromatic rings. The summed E-state index contributed by atoms with van der Waals surface area (Å²) in [5, 5.41) is 10.5. The molecule has 0 unspecified atom stereocenters. The summed E-state index contributed by atoms with van der Waals surface area (Å²) in [6.45, 7) is -16.9. The maximum atomic E-state index is 8.65. The number of aryl methyl sites for hydroxylation is 12. The van der Waals surface area contributed by atoms with Crippen LogP contribution in [0.25, 0.3) is 99.4 Å². The van der Waals surface area contributed by atoms with Crippen molar-refractivity contribution in [1.29, 1.82) is 0 Å². The fourth-order valence-electron chi connectivity index (χ4n) is 11.7. The average molecular weight is 1080 g/mol. The summed E-state index contributed by atoms with van der Waals surface area (Å²) in [5.74, 6) is 0. The van der Waals surface area contributed by atoms with Crippen LogP contribution in [0.15, 0.2) is 200 Å². The zero-order valence-corrected chi connectivity index (χ0v) is 44.4. The minimum absolute atomic E-state index is 0.0195. The van der Waals surface area contributed by atoms with Crippen molar-refractivity contribution in [2.45, 2.75) is 79.6 Å². The molecule has 0 fully saturated rings. The molecule has 0 saturated carbocycles. The van der Waals surface area contributed by atoms with Crippen LogP contribution in [-0.4, -0.2) is 34.2 Å². The third kappa shape index (κ3) is 9.46. The topological polar surface area (TPSA) is 73.3 Å². The van der Waals surface area contributed by atoms with E-state index in [1.807, 2.05) is 60.7 Å². The molecule has 7 heteroatoms. The van der Waals surface area contributed by atoms with E-state index in [1.165, 1.54) is 33.6 Å². The predicted molar refractivity (Wildman–Crippen MR) is 339 cm³/mol. The first-order valence-electron chi connectivity index (χ1n) is 36.3. The van der Waals surface area contributed by atoms with Crippen LogP contribution < -0.4 is 0 Å². The van der Waals surface area contributed by atoms with Crippen molar-refractivity contribution >= 4 is 54.6 Å². The van der Waals surface area contributed by atoms with Gasteiger partial charge < -0.3 is 0 Å². The van der Waals surface area contributed by atoms with Gasteiger partial charge in [-0.3, -0.25) is 9.97 Å². The molecule has 7 heterocycles. The van der Waals surface area contributed by atoms with Gasteiger partial charge in [-0.05, 0) is 194 Å². The van der Waals surface area contributed by atoms with E-state index in [1.54, 1.807) is 12.1 Å². The van der Waals surface area contributed by atoms with Gasteiger partial charge in [-0.15, -0.1) is 0 Å². The van der Waals surface area contributed by atoms with E-state index in [9.17, 15) is 0 Å². The summed E-state index contributed by atoms with van der Waals surface area (Å²) in [6.07, 6.45) is 5.72. The summed E-state index contributed by atoms with van der Waals surface area (Å²) < 4.78 is 154. The predicted octanol–water partition coefficient (Wildman–Crippen LogP) is 17.7. The Balaban J connectivity index is 0.821. The fraction of sp³-hybridized carbons (Fsp3) is 0.160. The SMILES string of the molecule is [2H]C([2H])([2H])c1cnc2c3ccc(CCc4cc(CCc5ccc(-c6cc(-c7ccc(-c8ccccc8)cc7)cc(-c7ccccc7)n6)cc5)cc(CCc5ccc6c(c5)c5c(C([2H])([2H])[2H])c(C([2H])([2H])[2H])nn5c5cc(C([2H])([2H])[2H])cnc65)c4)cc3c3c(C([2H])([2H])[2H])c(C([2H])([2H])[2H])nn3c2c1. The Hall–Kier alpha value is -9.59. The third-order valence-corrected chi connectivity index (χ3v) is 15.8. The smallest absolute Gasteiger partial charge is 0.0966 e. The molecule has 0 aliphatic heterocycles. The van der Waals surface area contributed by atoms with Crippen LogP contribution in [0.1, 0.15) is 91.7 Å². The van der Waals surface area contributed by atoms with Gasteiger partial charge in [-0.1, -0.05) is 152 Å². The first-order valence-corrected chi connectivity index (χ1v) is 27.3. The van der Waals surface area contributed by atoms with E-state index in [0.29, 0.717) is 71.1 Å². The lowest BCUT2D eigenvalue weighted by atomic mass is 9.93. The molecule has 0 radical (unpaired) electrons. The van der Waals surface area contributed by atoms with E-state index in [4.69, 9.17) is 29.7 Å². The molecular formula is C75H63N7. The van der Waals surface area contributed by atoms with Crippen LogP contribution >= 0.6 is 0 Å². The van der Waals surface area contributed by atoms with Crippen LogP contribution in [0.5, 0.6) is 0 Å². The molecule has 0 saturated heterocycles. The Bertz CT molecular complexity index is 5270. The first kappa shape index (κ1) is 34.5. The number of nitrogens with zero attached hydrogens (tertiary/aromatic N) is 7. The maximum Gasteiger partial charge on any atom is 0.0966 e. The molecule has 0 atom stereocenters. The van der Waals surface area contributed by atoms with Crippen LogP contribution in [-0.2, 0) is 38.5 Å². The van der Waals surface area contributed by atoms with Crippen molar-refractivity contribution in [3.8, 4) is 44.8 Å². The van der Waals surface area contributed by atoms with Crippen molar-refractivity contribution in [3.63, 3.8) is 0 Å². The largest absolute Gasteiger partial charge is 0.254 e. The maximum absolute atomic E-state index is 8.65. The number of hydrogen-bond acceptors (Lipinski definition) is 5. The number of fused-ring (bicyclic) bond motifs is 12. The Kier molecular flexibility index (Phi) is 8.77. The van der Waals surface area contributed by atoms with Gasteiger partial charge in [0.2, 0.25) is 0 Å². The minimum Gasteiger partial charge on any atom is -0.254 e. The standard InChI is InChI=1S/C75H63N7/c1-46-35-70-72(76-44-46)64-33-25-53(40-66(64)74-48(3)50(5)79-81(70)74)18-21-56-37-55(38-57(39-56)22-19-54-26-34-65-67(41-54)75-49(4)51(6)80-82(75)71-36-47(2)45-77-73(65)71)20-17-52-23-27-62(28-24-52)69-43-63(42-68(78-69)61-15-11-8-12-16-61)60-31-29-59(30-32-60)58-13-9-7-10-14-58/h7-16,23-45H,17-22H2,1-6H3/i1D3,2D3,3D3,4D3,5D3,6D3. The third-order valence-electron chi connectivity index (χ3n) is 15.8. The fourth-order valence-corrected chi connectivity index (χ4v) is 11.7. The van der Waals surface area contributed by atoms with Gasteiger partial charge in [0.1, 0.15) is 0 Å². The highest BCUT2D eigenvalue weighted by Crippen LogP contribution is 2.36. The Morgan fingerprint density at radius 3 is 1.23 bits per heavy atom. The Morgan fingerprint density at radius 2 is 0.756 bits per heavy atom. The zero-order chi connectivity index (χ0) is 70.6. The highest BCUT2D eigenvalue weighted by atomic mass is 15.2. The zero-order valence-electron chi connectivity index (χ0n) is 62.4. The molecule has 0 bridgehead atoms. The van der Waals surface area contributed by atoms with Crippen LogP contribution in [0.2, 0.25) is 0 Å². The minimum atomic E-state index is -2.95. The van der Waals surface area contributed by atoms with E-state index in [0.717, 1.165) is 78.1 Å². The molecule has 0 aliphatic carbocycles. The van der Waals surface area contributed by atoms with Crippen molar-refractivity contribution in [3.05, 3.63) is 267 Å². The quantitative estimate of drug-likeness (QED) is 0.108. The second-order valence-electron chi connectivity index (χ2n) is 21.2. The average Bonchev–Trinajstić information content (AvgIpc) is 1.52. The van der Waals surface area contributed by atoms with Crippen LogP contribution in [0.3, 0.4) is 0 Å². The molecular weight excluding hydrogens is 999 g/mol. The monoisotopic (exact) mass is 1080 g/mol. The van der Waals surface area contributed by atoms with Gasteiger partial charge in [0.25, 0.3) is 0 Å². The number of hydrogen-bond donors (Lipinski definition) is 0. The lowest BCUT2D eigenvalue weighted by Crippen LogP contribution is -2.01. The lowest BCUT2D eigenvalue weighted by Gasteiger charge is -2.13. The van der Waals surface area contributed by atoms with Crippen LogP contribution in [0, 0.1) is 41.1 Å². The Labute approximate surface area is 503 Å². The number of aromatic nitrogens is 7. The van der Waals surface area contributed by atoms with E-state index in [-0.39, 0.29) is 33.2 Å². The molecule has 7 nitrogen and oxygen atoms in total. The molecule has 7 aromatic heterocycles. The van der Waals surface area contributed by atoms with Gasteiger partial charge in [0.05, 0.1) is 55.9 Å². The lowest BCUT2D eigenvalue weighted by molar-refractivity contribution is 0.904. The number of benzene rings is 7. The van der Waals surface area contributed by atoms with E-state index in [2.05, 4.69) is 123 Å². The molecule has 14 rings (SSSR count). The molecule has 0 aliphatic rings. The molecule has 7 aromatic carbocycles. The molecule has 398 valence electrons. The van der Waals surface area contributed by atoms with E-state index < -0.39 is 63.6 Å². The molecule has 0 N–H and O–H groups in total. The number of rotatable bonds is 13. The van der Waals surface area contributed by atoms with Gasteiger partial charge in [-0.25, -0.2) is 14.0 Å². The second kappa shape index (κ2) is 20.8. The van der Waals surface area contributed by atoms with Gasteiger partial charge in [0.15, 0.2) is 0 Å². The number of pyridine rings is 5. The highest BCUT2D eigenvalue weighted by molar-refractivity contribution is 6.13. The summed E-state index contributed by atoms with van der Waals surface area (Å²) in [6, 6.07) is 62.0. The molecule has 0 spiro atoms. The summed E-state index contributed by atoms with van der Waals surface area (Å²) >= 11 is 0. The second-order valence-corrected chi connectivity index (χ2v) is 21.2. The van der Waals surface area contributed by atoms with Gasteiger partial charge in [0, 0.05) is 69.7 Å². The van der Waals surface area contributed by atoms with Crippen molar-refractivity contribution < 1.29 is 24.7 Å². The van der Waals surface area contributed by atoms with Crippen molar-refractivity contribution in [2.75, 3.05) is 0 Å². The highest BCUT2D eigenvalue weighted by Gasteiger charge is 2.19. The normalized spacial score (nSPS) is 16.0. The van der Waals surface area contributed by atoms with Crippen molar-refractivity contribution in [1.82, 2.24) is 34.2 Å².